The van der Waals surface area contributed by atoms with Gasteiger partial charge in [-0.15, -0.1) is 0 Å². The van der Waals surface area contributed by atoms with Crippen LogP contribution in [0.1, 0.15) is 63.4 Å². The Morgan fingerprint density at radius 3 is 2.51 bits per heavy atom. The number of aromatic nitrogens is 2. The Morgan fingerprint density at radius 2 is 1.78 bits per heavy atom. The first-order chi connectivity index (χ1) is 17.8. The molecule has 0 saturated carbocycles. The van der Waals surface area contributed by atoms with Crippen molar-refractivity contribution >= 4 is 40.6 Å². The molecule has 2 aromatic carbocycles. The maximum Gasteiger partial charge on any atom is 0.274 e. The van der Waals surface area contributed by atoms with Crippen molar-refractivity contribution in [2.45, 2.75) is 32.1 Å². The van der Waals surface area contributed by atoms with Gasteiger partial charge in [0.15, 0.2) is 5.78 Å². The van der Waals surface area contributed by atoms with Crippen LogP contribution in [0.25, 0.3) is 0 Å². The van der Waals surface area contributed by atoms with Gasteiger partial charge in [-0.1, -0.05) is 18.0 Å². The van der Waals surface area contributed by atoms with E-state index in [9.17, 15) is 23.2 Å². The molecule has 0 unspecified atom stereocenters. The van der Waals surface area contributed by atoms with E-state index in [2.05, 4.69) is 25.5 Å². The van der Waals surface area contributed by atoms with E-state index in [0.717, 1.165) is 37.8 Å². The maximum atomic E-state index is 14.6. The summed E-state index contributed by atoms with van der Waals surface area (Å²) in [4.78, 5) is 46.9. The van der Waals surface area contributed by atoms with E-state index in [0.29, 0.717) is 6.42 Å². The SMILES string of the molecule is O=C(Nc1ccc(NC(=O)c2[nH]cnc2C(=O)CCCN2CCCCC2)cc1F)c1ccc(F)cc1Cl. The fourth-order valence-corrected chi connectivity index (χ4v) is 4.45. The zero-order chi connectivity index (χ0) is 26.4. The third kappa shape index (κ3) is 6.78. The van der Waals surface area contributed by atoms with Crippen LogP contribution in [0.2, 0.25) is 5.02 Å². The third-order valence-electron chi connectivity index (χ3n) is 6.11. The Bertz CT molecular complexity index is 1310. The topological polar surface area (TPSA) is 107 Å². The van der Waals surface area contributed by atoms with Gasteiger partial charge in [-0.3, -0.25) is 14.4 Å². The number of amides is 2. The molecular weight excluding hydrogens is 504 g/mol. The summed E-state index contributed by atoms with van der Waals surface area (Å²) in [5, 5.41) is 4.78. The van der Waals surface area contributed by atoms with E-state index in [1.165, 1.54) is 43.8 Å². The fraction of sp³-hybridized carbons (Fsp3) is 0.308. The van der Waals surface area contributed by atoms with Gasteiger partial charge in [-0.2, -0.15) is 0 Å². The van der Waals surface area contributed by atoms with Gasteiger partial charge in [-0.25, -0.2) is 13.8 Å². The summed E-state index contributed by atoms with van der Waals surface area (Å²) in [5.74, 6) is -3.03. The highest BCUT2D eigenvalue weighted by molar-refractivity contribution is 6.34. The summed E-state index contributed by atoms with van der Waals surface area (Å²) in [6, 6.07) is 6.92. The van der Waals surface area contributed by atoms with Crippen molar-refractivity contribution in [3.63, 3.8) is 0 Å². The molecule has 37 heavy (non-hydrogen) atoms. The van der Waals surface area contributed by atoms with Crippen LogP contribution in [0.15, 0.2) is 42.7 Å². The van der Waals surface area contributed by atoms with Crippen molar-refractivity contribution in [2.24, 2.45) is 0 Å². The molecule has 0 spiro atoms. The summed E-state index contributed by atoms with van der Waals surface area (Å²) >= 11 is 5.88. The number of benzene rings is 2. The van der Waals surface area contributed by atoms with E-state index in [-0.39, 0.29) is 45.6 Å². The maximum absolute atomic E-state index is 14.6. The molecule has 1 fully saturated rings. The quantitative estimate of drug-likeness (QED) is 0.326. The monoisotopic (exact) mass is 529 g/mol. The molecule has 0 bridgehead atoms. The number of nitrogens with one attached hydrogen (secondary N) is 3. The normalized spacial score (nSPS) is 13.8. The molecule has 0 aliphatic carbocycles. The van der Waals surface area contributed by atoms with Gasteiger partial charge in [0.05, 0.1) is 22.6 Å². The number of carbonyl (C=O) groups excluding carboxylic acids is 3. The van der Waals surface area contributed by atoms with Gasteiger partial charge in [0.25, 0.3) is 11.8 Å². The number of hydrogen-bond donors (Lipinski definition) is 3. The van der Waals surface area contributed by atoms with E-state index in [1.54, 1.807) is 0 Å². The molecule has 8 nitrogen and oxygen atoms in total. The molecule has 1 aromatic heterocycles. The number of Topliss-reactive ketones (excluding diaryl/α,β-unsaturated/α-hetero) is 1. The third-order valence-corrected chi connectivity index (χ3v) is 6.42. The van der Waals surface area contributed by atoms with Gasteiger partial charge in [-0.05, 0) is 75.3 Å². The number of likely N-dealkylation sites (tertiary alicyclic amines) is 1. The Morgan fingerprint density at radius 1 is 1.00 bits per heavy atom. The van der Waals surface area contributed by atoms with Crippen molar-refractivity contribution in [1.82, 2.24) is 14.9 Å². The van der Waals surface area contributed by atoms with Gasteiger partial charge in [0, 0.05) is 12.1 Å². The van der Waals surface area contributed by atoms with Crippen LogP contribution in [-0.2, 0) is 0 Å². The molecule has 4 rings (SSSR count). The number of imidazole rings is 1. The molecule has 11 heteroatoms. The summed E-state index contributed by atoms with van der Waals surface area (Å²) in [5.41, 5.74) is -0.0384. The number of H-pyrrole nitrogens is 1. The first-order valence-electron chi connectivity index (χ1n) is 12.0. The Hall–Kier alpha value is -3.63. The zero-order valence-electron chi connectivity index (χ0n) is 20.0. The van der Waals surface area contributed by atoms with Crippen molar-refractivity contribution in [3.05, 3.63) is 76.3 Å². The van der Waals surface area contributed by atoms with Crippen molar-refractivity contribution in [3.8, 4) is 0 Å². The Kier molecular flexibility index (Phi) is 8.62. The van der Waals surface area contributed by atoms with Gasteiger partial charge in [0.1, 0.15) is 23.0 Å². The molecule has 3 N–H and O–H groups in total. The average molecular weight is 530 g/mol. The molecule has 3 aromatic rings. The van der Waals surface area contributed by atoms with Crippen LogP contribution in [-0.4, -0.2) is 52.1 Å². The van der Waals surface area contributed by atoms with Gasteiger partial charge < -0.3 is 20.5 Å². The number of hydrogen-bond acceptors (Lipinski definition) is 5. The average Bonchev–Trinajstić information content (AvgIpc) is 3.37. The largest absolute Gasteiger partial charge is 0.340 e. The number of aromatic amines is 1. The second-order valence-electron chi connectivity index (χ2n) is 8.78. The standard InChI is InChI=1S/C26H26ClF2N5O3/c27-19-13-16(28)6-8-18(19)25(36)33-21-9-7-17(14-20(21)29)32-26(37)24-23(30-15-31-24)22(35)5-4-12-34-10-2-1-3-11-34/h6-9,13-15H,1-5,10-12H2,(H,30,31)(H,32,37)(H,33,36). The number of piperidine rings is 1. The summed E-state index contributed by atoms with van der Waals surface area (Å²) in [7, 11) is 0. The first kappa shape index (κ1) is 26.4. The number of carbonyl (C=O) groups is 3. The number of anilines is 2. The molecule has 2 amide bonds. The first-order valence-corrected chi connectivity index (χ1v) is 12.4. The number of ketones is 1. The second kappa shape index (κ2) is 12.1. The summed E-state index contributed by atoms with van der Waals surface area (Å²) in [6.45, 7) is 2.92. The predicted octanol–water partition coefficient (Wildman–Crippen LogP) is 5.29. The number of halogens is 3. The summed E-state index contributed by atoms with van der Waals surface area (Å²) in [6.07, 6.45) is 5.80. The zero-order valence-corrected chi connectivity index (χ0v) is 20.7. The number of rotatable bonds is 9. The minimum Gasteiger partial charge on any atom is -0.340 e. The van der Waals surface area contributed by atoms with Crippen LogP contribution < -0.4 is 10.6 Å². The van der Waals surface area contributed by atoms with Crippen molar-refractivity contribution in [1.29, 1.82) is 0 Å². The highest BCUT2D eigenvalue weighted by atomic mass is 35.5. The molecule has 194 valence electrons. The van der Waals surface area contributed by atoms with Crippen LogP contribution in [0.5, 0.6) is 0 Å². The molecule has 0 atom stereocenters. The minimum absolute atomic E-state index is 0.00767. The second-order valence-corrected chi connectivity index (χ2v) is 9.19. The number of nitrogens with zero attached hydrogens (tertiary/aromatic N) is 2. The highest BCUT2D eigenvalue weighted by Crippen LogP contribution is 2.23. The van der Waals surface area contributed by atoms with Crippen molar-refractivity contribution in [2.75, 3.05) is 30.3 Å². The highest BCUT2D eigenvalue weighted by Gasteiger charge is 2.21. The van der Waals surface area contributed by atoms with Gasteiger partial charge >= 0.3 is 0 Å². The molecule has 1 aliphatic rings. The smallest absolute Gasteiger partial charge is 0.274 e. The van der Waals surface area contributed by atoms with E-state index >= 15 is 0 Å². The molecular formula is C26H26ClF2N5O3. The molecule has 1 saturated heterocycles. The Labute approximate surface area is 217 Å². The molecule has 2 heterocycles. The predicted molar refractivity (Wildman–Crippen MR) is 136 cm³/mol. The molecule has 0 radical (unpaired) electrons. The van der Waals surface area contributed by atoms with Gasteiger partial charge in [0.2, 0.25) is 0 Å². The lowest BCUT2D eigenvalue weighted by atomic mass is 10.1. The van der Waals surface area contributed by atoms with Crippen LogP contribution >= 0.6 is 11.6 Å². The fourth-order valence-electron chi connectivity index (χ4n) is 4.19. The lowest BCUT2D eigenvalue weighted by Gasteiger charge is -2.26. The van der Waals surface area contributed by atoms with Crippen LogP contribution in [0, 0.1) is 11.6 Å². The van der Waals surface area contributed by atoms with Crippen molar-refractivity contribution < 1.29 is 23.2 Å². The minimum atomic E-state index is -0.817. The van der Waals surface area contributed by atoms with Crippen LogP contribution in [0.4, 0.5) is 20.2 Å². The summed E-state index contributed by atoms with van der Waals surface area (Å²) < 4.78 is 27.9. The van der Waals surface area contributed by atoms with Crippen LogP contribution in [0.3, 0.4) is 0 Å². The van der Waals surface area contributed by atoms with E-state index in [4.69, 9.17) is 11.6 Å². The lowest BCUT2D eigenvalue weighted by Crippen LogP contribution is -2.30. The van der Waals surface area contributed by atoms with E-state index in [1.807, 2.05) is 0 Å². The van der Waals surface area contributed by atoms with E-state index < -0.39 is 23.4 Å². The molecule has 1 aliphatic heterocycles. The Balaban J connectivity index is 1.35. The lowest BCUT2D eigenvalue weighted by molar-refractivity contribution is 0.0952.